The highest BCUT2D eigenvalue weighted by molar-refractivity contribution is 7.90. The van der Waals surface area contributed by atoms with Gasteiger partial charge in [0.1, 0.15) is 12.4 Å². The van der Waals surface area contributed by atoms with Crippen molar-refractivity contribution in [1.29, 1.82) is 0 Å². The smallest absolute Gasteiger partial charge is 0.330 e. The first-order valence-electron chi connectivity index (χ1n) is 9.87. The molecule has 0 saturated heterocycles. The molecule has 0 atom stereocenters. The summed E-state index contributed by atoms with van der Waals surface area (Å²) < 4.78 is 38.3. The van der Waals surface area contributed by atoms with Crippen LogP contribution in [-0.4, -0.2) is 25.5 Å². The van der Waals surface area contributed by atoms with Crippen molar-refractivity contribution in [2.24, 2.45) is 0 Å². The molecule has 4 rings (SSSR count). The molecule has 0 N–H and O–H groups in total. The van der Waals surface area contributed by atoms with Gasteiger partial charge < -0.3 is 9.47 Å². The standard InChI is InChI=1S/C25H21NO5S/c1-30-25(27)15-12-20-17-26(32(28,29)22-10-6-3-7-11-22)24-14-13-21(16-23(20)24)31-18-19-8-4-2-5-9-19/h2-17H,18H2,1H3/b15-12+. The maximum Gasteiger partial charge on any atom is 0.330 e. The third kappa shape index (κ3) is 4.43. The lowest BCUT2D eigenvalue weighted by atomic mass is 10.1. The molecule has 7 heteroatoms. The third-order valence-corrected chi connectivity index (χ3v) is 6.61. The first-order chi connectivity index (χ1) is 15.5. The molecular weight excluding hydrogens is 426 g/mol. The Morgan fingerprint density at radius 1 is 0.969 bits per heavy atom. The molecule has 0 bridgehead atoms. The number of esters is 1. The maximum absolute atomic E-state index is 13.3. The van der Waals surface area contributed by atoms with Gasteiger partial charge in [0, 0.05) is 23.2 Å². The van der Waals surface area contributed by atoms with Gasteiger partial charge in [0.15, 0.2) is 0 Å². The van der Waals surface area contributed by atoms with Gasteiger partial charge in [0.25, 0.3) is 10.0 Å². The van der Waals surface area contributed by atoms with Crippen LogP contribution >= 0.6 is 0 Å². The first kappa shape index (κ1) is 21.4. The number of aromatic nitrogens is 1. The molecular formula is C25H21NO5S. The molecule has 1 aromatic heterocycles. The van der Waals surface area contributed by atoms with Crippen LogP contribution in [0, 0.1) is 0 Å². The van der Waals surface area contributed by atoms with Gasteiger partial charge in [-0.25, -0.2) is 17.2 Å². The number of rotatable bonds is 7. The van der Waals surface area contributed by atoms with Gasteiger partial charge >= 0.3 is 5.97 Å². The minimum atomic E-state index is -3.83. The molecule has 0 aliphatic heterocycles. The number of ether oxygens (including phenoxy) is 2. The lowest BCUT2D eigenvalue weighted by Crippen LogP contribution is -2.11. The summed E-state index contributed by atoms with van der Waals surface area (Å²) in [6.45, 7) is 0.378. The minimum Gasteiger partial charge on any atom is -0.489 e. The van der Waals surface area contributed by atoms with E-state index in [0.29, 0.717) is 28.8 Å². The van der Waals surface area contributed by atoms with E-state index in [1.54, 1.807) is 48.5 Å². The molecule has 0 radical (unpaired) electrons. The molecule has 1 heterocycles. The Morgan fingerprint density at radius 3 is 2.34 bits per heavy atom. The number of benzene rings is 3. The van der Waals surface area contributed by atoms with E-state index < -0.39 is 16.0 Å². The summed E-state index contributed by atoms with van der Waals surface area (Å²) in [7, 11) is -2.55. The van der Waals surface area contributed by atoms with E-state index in [9.17, 15) is 13.2 Å². The largest absolute Gasteiger partial charge is 0.489 e. The lowest BCUT2D eigenvalue weighted by molar-refractivity contribution is -0.134. The highest BCUT2D eigenvalue weighted by Crippen LogP contribution is 2.30. The summed E-state index contributed by atoms with van der Waals surface area (Å²) in [4.78, 5) is 11.8. The summed E-state index contributed by atoms with van der Waals surface area (Å²) in [5.41, 5.74) is 2.04. The number of hydrogen-bond donors (Lipinski definition) is 0. The van der Waals surface area contributed by atoms with Crippen molar-refractivity contribution in [3.8, 4) is 5.75 Å². The average Bonchev–Trinajstić information content (AvgIpc) is 3.21. The summed E-state index contributed by atoms with van der Waals surface area (Å²) in [6.07, 6.45) is 4.28. The Bertz CT molecular complexity index is 1370. The summed E-state index contributed by atoms with van der Waals surface area (Å²) in [6, 6.07) is 23.1. The van der Waals surface area contributed by atoms with Gasteiger partial charge in [-0.2, -0.15) is 0 Å². The fourth-order valence-corrected chi connectivity index (χ4v) is 4.70. The highest BCUT2D eigenvalue weighted by atomic mass is 32.2. The van der Waals surface area contributed by atoms with E-state index in [1.165, 1.54) is 29.4 Å². The van der Waals surface area contributed by atoms with Gasteiger partial charge in [-0.1, -0.05) is 48.5 Å². The molecule has 0 fully saturated rings. The van der Waals surface area contributed by atoms with Crippen molar-refractivity contribution in [3.05, 3.63) is 102 Å². The molecule has 0 aliphatic rings. The topological polar surface area (TPSA) is 74.6 Å². The van der Waals surface area contributed by atoms with Crippen LogP contribution in [0.3, 0.4) is 0 Å². The normalized spacial score (nSPS) is 11.7. The van der Waals surface area contributed by atoms with Crippen LogP contribution in [0.2, 0.25) is 0 Å². The zero-order chi connectivity index (χ0) is 22.6. The van der Waals surface area contributed by atoms with E-state index in [4.69, 9.17) is 4.74 Å². The second-order valence-electron chi connectivity index (χ2n) is 7.01. The van der Waals surface area contributed by atoms with E-state index in [2.05, 4.69) is 4.74 Å². The Balaban J connectivity index is 1.78. The van der Waals surface area contributed by atoms with Crippen molar-refractivity contribution in [2.75, 3.05) is 7.11 Å². The van der Waals surface area contributed by atoms with Gasteiger partial charge in [0.05, 0.1) is 17.5 Å². The lowest BCUT2D eigenvalue weighted by Gasteiger charge is -2.09. The van der Waals surface area contributed by atoms with Gasteiger partial charge in [-0.05, 0) is 42.0 Å². The second kappa shape index (κ2) is 9.11. The first-order valence-corrected chi connectivity index (χ1v) is 11.3. The number of fused-ring (bicyclic) bond motifs is 1. The van der Waals surface area contributed by atoms with Crippen molar-refractivity contribution >= 4 is 33.0 Å². The molecule has 3 aromatic carbocycles. The molecule has 0 spiro atoms. The van der Waals surface area contributed by atoms with E-state index in [0.717, 1.165) is 5.56 Å². The Kier molecular flexibility index (Phi) is 6.09. The van der Waals surface area contributed by atoms with Gasteiger partial charge in [-0.15, -0.1) is 0 Å². The molecule has 32 heavy (non-hydrogen) atoms. The predicted octanol–water partition coefficient (Wildman–Crippen LogP) is 4.64. The molecule has 0 unspecified atom stereocenters. The Labute approximate surface area is 186 Å². The number of carbonyl (C=O) groups is 1. The Hall–Kier alpha value is -3.84. The number of nitrogens with zero attached hydrogens (tertiary/aromatic N) is 1. The maximum atomic E-state index is 13.3. The predicted molar refractivity (Wildman–Crippen MR) is 123 cm³/mol. The average molecular weight is 448 g/mol. The van der Waals surface area contributed by atoms with Crippen molar-refractivity contribution in [3.63, 3.8) is 0 Å². The van der Waals surface area contributed by atoms with Crippen LogP contribution in [-0.2, 0) is 26.2 Å². The molecule has 0 aliphatic carbocycles. The molecule has 162 valence electrons. The second-order valence-corrected chi connectivity index (χ2v) is 8.82. The SMILES string of the molecule is COC(=O)/C=C/c1cn(S(=O)(=O)c2ccccc2)c2ccc(OCc3ccccc3)cc12. The summed E-state index contributed by atoms with van der Waals surface area (Å²) >= 11 is 0. The number of carbonyl (C=O) groups excluding carboxylic acids is 1. The van der Waals surface area contributed by atoms with Crippen molar-refractivity contribution in [1.82, 2.24) is 3.97 Å². The fraction of sp³-hybridized carbons (Fsp3) is 0.0800. The van der Waals surface area contributed by atoms with Crippen LogP contribution < -0.4 is 4.74 Å². The van der Waals surface area contributed by atoms with Crippen molar-refractivity contribution in [2.45, 2.75) is 11.5 Å². The number of methoxy groups -OCH3 is 1. The molecule has 4 aromatic rings. The quantitative estimate of drug-likeness (QED) is 0.305. The fourth-order valence-electron chi connectivity index (χ4n) is 3.30. The third-order valence-electron chi connectivity index (χ3n) is 4.92. The zero-order valence-electron chi connectivity index (χ0n) is 17.3. The molecule has 0 saturated carbocycles. The van der Waals surface area contributed by atoms with Crippen molar-refractivity contribution < 1.29 is 22.7 Å². The minimum absolute atomic E-state index is 0.171. The highest BCUT2D eigenvalue weighted by Gasteiger charge is 2.21. The van der Waals surface area contributed by atoms with E-state index >= 15 is 0 Å². The van der Waals surface area contributed by atoms with E-state index in [-0.39, 0.29) is 4.90 Å². The monoisotopic (exact) mass is 447 g/mol. The van der Waals surface area contributed by atoms with Gasteiger partial charge in [0.2, 0.25) is 0 Å². The number of hydrogen-bond acceptors (Lipinski definition) is 5. The van der Waals surface area contributed by atoms with Crippen LogP contribution in [0.1, 0.15) is 11.1 Å². The van der Waals surface area contributed by atoms with Gasteiger partial charge in [-0.3, -0.25) is 0 Å². The Morgan fingerprint density at radius 2 is 1.66 bits per heavy atom. The molecule has 0 amide bonds. The van der Waals surface area contributed by atoms with Crippen LogP contribution in [0.5, 0.6) is 5.75 Å². The van der Waals surface area contributed by atoms with Crippen LogP contribution in [0.4, 0.5) is 0 Å². The molecule has 6 nitrogen and oxygen atoms in total. The van der Waals surface area contributed by atoms with E-state index in [1.807, 2.05) is 30.3 Å². The summed E-state index contributed by atoms with van der Waals surface area (Å²) in [5, 5.41) is 0.634. The van der Waals surface area contributed by atoms with Crippen LogP contribution in [0.15, 0.2) is 96.0 Å². The van der Waals surface area contributed by atoms with Crippen LogP contribution in [0.25, 0.3) is 17.0 Å². The zero-order valence-corrected chi connectivity index (χ0v) is 18.2. The summed E-state index contributed by atoms with van der Waals surface area (Å²) in [5.74, 6) is 0.0530.